The highest BCUT2D eigenvalue weighted by Gasteiger charge is 2.21. The molecule has 0 heterocycles. The van der Waals surface area contributed by atoms with Gasteiger partial charge in [-0.15, -0.1) is 0 Å². The van der Waals surface area contributed by atoms with Crippen molar-refractivity contribution >= 4 is 23.1 Å². The molecule has 0 aliphatic carbocycles. The van der Waals surface area contributed by atoms with Crippen molar-refractivity contribution in [2.45, 2.75) is 6.92 Å². The molecule has 1 unspecified atom stereocenters. The minimum atomic E-state index is -0.553. The van der Waals surface area contributed by atoms with Gasteiger partial charge in [0.15, 0.2) is 0 Å². The van der Waals surface area contributed by atoms with E-state index in [9.17, 15) is 4.79 Å². The third-order valence-corrected chi connectivity index (χ3v) is 2.20. The van der Waals surface area contributed by atoms with Gasteiger partial charge in [0.05, 0.1) is 24.1 Å². The normalized spacial score (nSPS) is 12.2. The van der Waals surface area contributed by atoms with E-state index in [1.165, 1.54) is 4.90 Å². The summed E-state index contributed by atoms with van der Waals surface area (Å²) in [7, 11) is 0. The van der Waals surface area contributed by atoms with Crippen LogP contribution in [0.2, 0.25) is 0 Å². The van der Waals surface area contributed by atoms with Crippen molar-refractivity contribution in [3.05, 3.63) is 0 Å². The maximum atomic E-state index is 11.6. The highest BCUT2D eigenvalue weighted by molar-refractivity contribution is 7.80. The number of carbonyl (C=O) groups excluding carboxylic acids is 1. The van der Waals surface area contributed by atoms with E-state index in [2.05, 4.69) is 12.2 Å². The zero-order chi connectivity index (χ0) is 11.1. The number of rotatable bonds is 6. The Morgan fingerprint density at radius 1 is 1.43 bits per heavy atom. The van der Waals surface area contributed by atoms with Gasteiger partial charge in [-0.1, -0.05) is 12.2 Å². The summed E-state index contributed by atoms with van der Waals surface area (Å²) in [5, 5.41) is 17.4. The van der Waals surface area contributed by atoms with Crippen LogP contribution in [0.25, 0.3) is 0 Å². The molecule has 0 aromatic rings. The minimum Gasteiger partial charge on any atom is -0.395 e. The highest BCUT2D eigenvalue weighted by Crippen LogP contribution is 2.02. The number of thiocarbonyl (C=S) groups is 1. The first-order chi connectivity index (χ1) is 6.54. The lowest BCUT2D eigenvalue weighted by Crippen LogP contribution is -2.42. The van der Waals surface area contributed by atoms with Gasteiger partial charge in [-0.05, 0) is 6.92 Å². The summed E-state index contributed by atoms with van der Waals surface area (Å²) in [4.78, 5) is 13.1. The molecule has 0 rings (SSSR count). The second-order valence-electron chi connectivity index (χ2n) is 2.90. The van der Waals surface area contributed by atoms with Gasteiger partial charge in [-0.2, -0.15) is 0 Å². The van der Waals surface area contributed by atoms with Gasteiger partial charge in [-0.3, -0.25) is 4.79 Å². The van der Waals surface area contributed by atoms with Crippen molar-refractivity contribution < 1.29 is 15.0 Å². The molecule has 4 N–H and O–H groups in total. The van der Waals surface area contributed by atoms with Crippen LogP contribution in [0.5, 0.6) is 0 Å². The number of hydrogen-bond acceptors (Lipinski definition) is 4. The molecule has 0 aromatic carbocycles. The van der Waals surface area contributed by atoms with Crippen molar-refractivity contribution in [2.75, 3.05) is 26.3 Å². The van der Waals surface area contributed by atoms with Crippen LogP contribution in [0.3, 0.4) is 0 Å². The summed E-state index contributed by atoms with van der Waals surface area (Å²) in [6, 6.07) is 0. The number of nitrogens with zero attached hydrogens (tertiary/aromatic N) is 1. The fourth-order valence-corrected chi connectivity index (χ4v) is 1.07. The molecule has 5 nitrogen and oxygen atoms in total. The first-order valence-electron chi connectivity index (χ1n) is 4.34. The van der Waals surface area contributed by atoms with Crippen LogP contribution in [0.1, 0.15) is 6.92 Å². The topological polar surface area (TPSA) is 86.8 Å². The number of carbonyl (C=O) groups is 1. The van der Waals surface area contributed by atoms with Gasteiger partial charge in [0.25, 0.3) is 0 Å². The van der Waals surface area contributed by atoms with Gasteiger partial charge in [-0.25, -0.2) is 0 Å². The van der Waals surface area contributed by atoms with Crippen LogP contribution in [0.15, 0.2) is 0 Å². The number of amides is 1. The van der Waals surface area contributed by atoms with Crippen molar-refractivity contribution in [3.63, 3.8) is 0 Å². The predicted octanol–water partition coefficient (Wildman–Crippen LogP) is -1.28. The number of aliphatic hydroxyl groups is 2. The SMILES string of the molecule is CC(C(=O)N(CCO)CCO)C(N)=S. The van der Waals surface area contributed by atoms with E-state index in [1.807, 2.05) is 0 Å². The van der Waals surface area contributed by atoms with Gasteiger partial charge in [0.2, 0.25) is 5.91 Å². The van der Waals surface area contributed by atoms with E-state index >= 15 is 0 Å². The van der Waals surface area contributed by atoms with Crippen LogP contribution < -0.4 is 5.73 Å². The second kappa shape index (κ2) is 6.69. The Kier molecular flexibility index (Phi) is 6.35. The van der Waals surface area contributed by atoms with Crippen LogP contribution in [-0.2, 0) is 4.79 Å². The molecule has 0 aliphatic rings. The van der Waals surface area contributed by atoms with Crippen molar-refractivity contribution in [2.24, 2.45) is 11.7 Å². The minimum absolute atomic E-state index is 0.121. The van der Waals surface area contributed by atoms with Crippen molar-refractivity contribution in [1.82, 2.24) is 4.90 Å². The van der Waals surface area contributed by atoms with Crippen LogP contribution >= 0.6 is 12.2 Å². The Hall–Kier alpha value is -0.720. The molecule has 0 bridgehead atoms. The molecule has 0 saturated carbocycles. The highest BCUT2D eigenvalue weighted by atomic mass is 32.1. The maximum Gasteiger partial charge on any atom is 0.232 e. The molecule has 0 saturated heterocycles. The third kappa shape index (κ3) is 3.99. The summed E-state index contributed by atoms with van der Waals surface area (Å²) in [5.74, 6) is -0.816. The summed E-state index contributed by atoms with van der Waals surface area (Å²) < 4.78 is 0. The van der Waals surface area contributed by atoms with Crippen LogP contribution in [0.4, 0.5) is 0 Å². The predicted molar refractivity (Wildman–Crippen MR) is 56.7 cm³/mol. The lowest BCUT2D eigenvalue weighted by Gasteiger charge is -2.23. The maximum absolute atomic E-state index is 11.6. The average Bonchev–Trinajstić information content (AvgIpc) is 2.15. The second-order valence-corrected chi connectivity index (χ2v) is 3.37. The van der Waals surface area contributed by atoms with Crippen LogP contribution in [0, 0.1) is 5.92 Å². The molecule has 82 valence electrons. The Morgan fingerprint density at radius 2 is 1.86 bits per heavy atom. The van der Waals surface area contributed by atoms with Crippen molar-refractivity contribution in [3.8, 4) is 0 Å². The summed E-state index contributed by atoms with van der Waals surface area (Å²) >= 11 is 4.69. The number of nitrogens with two attached hydrogens (primary N) is 1. The monoisotopic (exact) mass is 220 g/mol. The van der Waals surface area contributed by atoms with E-state index in [0.717, 1.165) is 0 Å². The van der Waals surface area contributed by atoms with E-state index in [0.29, 0.717) is 0 Å². The standard InChI is InChI=1S/C8H16N2O3S/c1-6(7(9)14)8(13)10(2-4-11)3-5-12/h6,11-12H,2-5H2,1H3,(H2,9,14). The molecular weight excluding hydrogens is 204 g/mol. The molecule has 1 amide bonds. The fourth-order valence-electron chi connectivity index (χ4n) is 0.969. The zero-order valence-corrected chi connectivity index (χ0v) is 8.96. The molecule has 14 heavy (non-hydrogen) atoms. The van der Waals surface area contributed by atoms with Crippen molar-refractivity contribution in [1.29, 1.82) is 0 Å². The van der Waals surface area contributed by atoms with E-state index in [-0.39, 0.29) is 37.2 Å². The third-order valence-electron chi connectivity index (χ3n) is 1.85. The van der Waals surface area contributed by atoms with Gasteiger partial charge >= 0.3 is 0 Å². The molecule has 0 fully saturated rings. The molecule has 0 spiro atoms. The number of aliphatic hydroxyl groups excluding tert-OH is 2. The first kappa shape index (κ1) is 13.3. The van der Waals surface area contributed by atoms with Crippen LogP contribution in [-0.4, -0.2) is 52.3 Å². The van der Waals surface area contributed by atoms with E-state index in [1.54, 1.807) is 6.92 Å². The largest absolute Gasteiger partial charge is 0.395 e. The molecular formula is C8H16N2O3S. The Morgan fingerprint density at radius 3 is 2.14 bits per heavy atom. The first-order valence-corrected chi connectivity index (χ1v) is 4.75. The van der Waals surface area contributed by atoms with E-state index < -0.39 is 5.92 Å². The molecule has 0 aliphatic heterocycles. The fraction of sp³-hybridized carbons (Fsp3) is 0.750. The molecule has 0 radical (unpaired) electrons. The van der Waals surface area contributed by atoms with Gasteiger partial charge < -0.3 is 20.8 Å². The zero-order valence-electron chi connectivity index (χ0n) is 8.14. The number of hydrogen-bond donors (Lipinski definition) is 3. The average molecular weight is 220 g/mol. The smallest absolute Gasteiger partial charge is 0.232 e. The Bertz CT molecular complexity index is 205. The lowest BCUT2D eigenvalue weighted by molar-refractivity contribution is -0.133. The summed E-state index contributed by atoms with van der Waals surface area (Å²) in [5.41, 5.74) is 5.33. The summed E-state index contributed by atoms with van der Waals surface area (Å²) in [6.45, 7) is 1.69. The Labute approximate surface area is 88.5 Å². The lowest BCUT2D eigenvalue weighted by atomic mass is 10.1. The quantitative estimate of drug-likeness (QED) is 0.485. The van der Waals surface area contributed by atoms with Gasteiger partial charge in [0.1, 0.15) is 0 Å². The molecule has 6 heteroatoms. The van der Waals surface area contributed by atoms with E-state index in [4.69, 9.17) is 15.9 Å². The molecule has 1 atom stereocenters. The Balaban J connectivity index is 4.33. The summed E-state index contributed by atoms with van der Waals surface area (Å²) in [6.07, 6.45) is 0. The van der Waals surface area contributed by atoms with Gasteiger partial charge in [0, 0.05) is 13.1 Å². The molecule has 0 aromatic heterocycles.